The highest BCUT2D eigenvalue weighted by Gasteiger charge is 2.23. The molecule has 1 saturated heterocycles. The molecule has 2 aromatic heterocycles. The molecule has 1 aliphatic heterocycles. The van der Waals surface area contributed by atoms with Gasteiger partial charge in [0, 0.05) is 17.3 Å². The first kappa shape index (κ1) is 13.5. The topological polar surface area (TPSA) is 88.7 Å². The summed E-state index contributed by atoms with van der Waals surface area (Å²) < 4.78 is 10.3. The average Bonchev–Trinajstić information content (AvgIpc) is 3.08. The van der Waals surface area contributed by atoms with Gasteiger partial charge in [-0.15, -0.1) is 11.8 Å². The molecule has 1 unspecified atom stereocenters. The maximum Gasteiger partial charge on any atom is 0.232 e. The van der Waals surface area contributed by atoms with Gasteiger partial charge in [0.2, 0.25) is 5.89 Å². The quantitative estimate of drug-likeness (QED) is 0.853. The molecule has 2 aromatic rings. The SMILES string of the molecule is Cc1onc(Cc2nc(C3CSCCS3)no2)c1C#N. The lowest BCUT2D eigenvalue weighted by Crippen LogP contribution is -2.08. The van der Waals surface area contributed by atoms with Gasteiger partial charge in [0.05, 0.1) is 11.7 Å². The van der Waals surface area contributed by atoms with Crippen LogP contribution in [0.1, 0.15) is 34.0 Å². The Morgan fingerprint density at radius 3 is 3.00 bits per heavy atom. The van der Waals surface area contributed by atoms with Gasteiger partial charge in [0.1, 0.15) is 17.3 Å². The van der Waals surface area contributed by atoms with E-state index in [1.807, 2.05) is 23.5 Å². The van der Waals surface area contributed by atoms with E-state index in [2.05, 4.69) is 21.4 Å². The molecule has 3 rings (SSSR count). The predicted octanol–water partition coefficient (Wildman–Crippen LogP) is 2.35. The fourth-order valence-electron chi connectivity index (χ4n) is 1.93. The molecule has 8 heteroatoms. The maximum absolute atomic E-state index is 9.05. The summed E-state index contributed by atoms with van der Waals surface area (Å²) >= 11 is 3.76. The molecule has 0 saturated carbocycles. The normalized spacial score (nSPS) is 18.9. The first-order chi connectivity index (χ1) is 9.78. The molecule has 0 bridgehead atoms. The van der Waals surface area contributed by atoms with Gasteiger partial charge in [0.25, 0.3) is 0 Å². The summed E-state index contributed by atoms with van der Waals surface area (Å²) in [6.07, 6.45) is 0.331. The van der Waals surface area contributed by atoms with E-state index in [0.717, 1.165) is 17.3 Å². The summed E-state index contributed by atoms with van der Waals surface area (Å²) in [6, 6.07) is 2.08. The van der Waals surface area contributed by atoms with E-state index < -0.39 is 0 Å². The van der Waals surface area contributed by atoms with Crippen LogP contribution < -0.4 is 0 Å². The second kappa shape index (κ2) is 5.89. The van der Waals surface area contributed by atoms with Crippen LogP contribution in [0.3, 0.4) is 0 Å². The van der Waals surface area contributed by atoms with Crippen LogP contribution in [0.2, 0.25) is 0 Å². The number of aryl methyl sites for hydroxylation is 1. The second-order valence-electron chi connectivity index (χ2n) is 4.33. The van der Waals surface area contributed by atoms with Gasteiger partial charge in [-0.2, -0.15) is 22.0 Å². The van der Waals surface area contributed by atoms with Gasteiger partial charge in [-0.3, -0.25) is 0 Å². The summed E-state index contributed by atoms with van der Waals surface area (Å²) in [4.78, 5) is 4.41. The smallest absolute Gasteiger partial charge is 0.232 e. The van der Waals surface area contributed by atoms with Crippen LogP contribution >= 0.6 is 23.5 Å². The third-order valence-corrected chi connectivity index (χ3v) is 5.70. The Hall–Kier alpha value is -1.46. The fourth-order valence-corrected chi connectivity index (χ4v) is 4.52. The Morgan fingerprint density at radius 1 is 1.35 bits per heavy atom. The van der Waals surface area contributed by atoms with Crippen molar-refractivity contribution in [3.63, 3.8) is 0 Å². The van der Waals surface area contributed by atoms with Gasteiger partial charge in [0.15, 0.2) is 11.6 Å². The minimum absolute atomic E-state index is 0.292. The molecule has 104 valence electrons. The van der Waals surface area contributed by atoms with E-state index in [1.54, 1.807) is 6.92 Å². The Bertz CT molecular complexity index is 640. The number of hydrogen-bond acceptors (Lipinski definition) is 8. The Morgan fingerprint density at radius 2 is 2.25 bits per heavy atom. The van der Waals surface area contributed by atoms with E-state index in [1.165, 1.54) is 5.75 Å². The molecule has 1 aliphatic rings. The van der Waals surface area contributed by atoms with Crippen molar-refractivity contribution in [1.29, 1.82) is 5.26 Å². The zero-order chi connectivity index (χ0) is 13.9. The Labute approximate surface area is 124 Å². The van der Waals surface area contributed by atoms with E-state index in [0.29, 0.717) is 34.6 Å². The van der Waals surface area contributed by atoms with Crippen molar-refractivity contribution >= 4 is 23.5 Å². The van der Waals surface area contributed by atoms with Crippen molar-refractivity contribution in [1.82, 2.24) is 15.3 Å². The highest BCUT2D eigenvalue weighted by Crippen LogP contribution is 2.35. The molecule has 0 aliphatic carbocycles. The van der Waals surface area contributed by atoms with E-state index in [9.17, 15) is 0 Å². The fraction of sp³-hybridized carbons (Fsp3) is 0.500. The molecular formula is C12H12N4O2S2. The monoisotopic (exact) mass is 308 g/mol. The van der Waals surface area contributed by atoms with Gasteiger partial charge >= 0.3 is 0 Å². The number of nitriles is 1. The van der Waals surface area contributed by atoms with Crippen molar-refractivity contribution in [3.8, 4) is 6.07 Å². The van der Waals surface area contributed by atoms with Crippen LogP contribution in [-0.2, 0) is 6.42 Å². The minimum Gasteiger partial charge on any atom is -0.360 e. The van der Waals surface area contributed by atoms with Gasteiger partial charge in [-0.05, 0) is 6.92 Å². The number of rotatable bonds is 3. The number of nitrogens with zero attached hydrogens (tertiary/aromatic N) is 4. The van der Waals surface area contributed by atoms with Crippen molar-refractivity contribution in [2.24, 2.45) is 0 Å². The number of thioether (sulfide) groups is 2. The van der Waals surface area contributed by atoms with Crippen LogP contribution in [0, 0.1) is 18.3 Å². The molecule has 1 fully saturated rings. The van der Waals surface area contributed by atoms with Crippen LogP contribution in [0.5, 0.6) is 0 Å². The van der Waals surface area contributed by atoms with Crippen molar-refractivity contribution < 1.29 is 9.05 Å². The molecule has 1 atom stereocenters. The molecular weight excluding hydrogens is 296 g/mol. The van der Waals surface area contributed by atoms with Crippen molar-refractivity contribution in [2.45, 2.75) is 18.6 Å². The predicted molar refractivity (Wildman–Crippen MR) is 75.6 cm³/mol. The first-order valence-electron chi connectivity index (χ1n) is 6.15. The summed E-state index contributed by atoms with van der Waals surface area (Å²) in [5, 5.41) is 17.3. The second-order valence-corrected chi connectivity index (χ2v) is 6.79. The minimum atomic E-state index is 0.292. The molecule has 6 nitrogen and oxygen atoms in total. The van der Waals surface area contributed by atoms with Gasteiger partial charge in [-0.1, -0.05) is 10.3 Å². The lowest BCUT2D eigenvalue weighted by atomic mass is 10.2. The van der Waals surface area contributed by atoms with Gasteiger partial charge in [-0.25, -0.2) is 0 Å². The molecule has 0 N–H and O–H groups in total. The standard InChI is InChI=1S/C12H12N4O2S2/c1-7-8(5-13)9(15-17-7)4-11-14-12(16-18-11)10-6-19-2-3-20-10/h10H,2-4,6H2,1H3. The molecule has 3 heterocycles. The first-order valence-corrected chi connectivity index (χ1v) is 8.35. The molecule has 0 spiro atoms. The average molecular weight is 308 g/mol. The Kier molecular flexibility index (Phi) is 3.98. The lowest BCUT2D eigenvalue weighted by molar-refractivity contribution is 0.368. The van der Waals surface area contributed by atoms with Crippen LogP contribution in [0.25, 0.3) is 0 Å². The number of aromatic nitrogens is 3. The molecule has 20 heavy (non-hydrogen) atoms. The van der Waals surface area contributed by atoms with Crippen LogP contribution in [0.4, 0.5) is 0 Å². The zero-order valence-electron chi connectivity index (χ0n) is 10.8. The molecule has 0 aromatic carbocycles. The number of hydrogen-bond donors (Lipinski definition) is 0. The largest absolute Gasteiger partial charge is 0.360 e. The lowest BCUT2D eigenvalue weighted by Gasteiger charge is -2.16. The third-order valence-electron chi connectivity index (χ3n) is 2.95. The van der Waals surface area contributed by atoms with Crippen molar-refractivity contribution in [2.75, 3.05) is 17.3 Å². The third kappa shape index (κ3) is 2.69. The summed E-state index contributed by atoms with van der Waals surface area (Å²) in [7, 11) is 0. The summed E-state index contributed by atoms with van der Waals surface area (Å²) in [6.45, 7) is 1.71. The van der Waals surface area contributed by atoms with E-state index >= 15 is 0 Å². The summed E-state index contributed by atoms with van der Waals surface area (Å²) in [5.74, 6) is 5.02. The highest BCUT2D eigenvalue weighted by molar-refractivity contribution is 8.06. The summed E-state index contributed by atoms with van der Waals surface area (Å²) in [5.41, 5.74) is 0.998. The van der Waals surface area contributed by atoms with Crippen molar-refractivity contribution in [3.05, 3.63) is 28.7 Å². The molecule has 0 amide bonds. The zero-order valence-corrected chi connectivity index (χ0v) is 12.5. The van der Waals surface area contributed by atoms with Crippen LogP contribution in [-0.4, -0.2) is 32.6 Å². The van der Waals surface area contributed by atoms with E-state index in [-0.39, 0.29) is 0 Å². The molecule has 0 radical (unpaired) electrons. The van der Waals surface area contributed by atoms with Crippen LogP contribution in [0.15, 0.2) is 9.05 Å². The highest BCUT2D eigenvalue weighted by atomic mass is 32.2. The maximum atomic E-state index is 9.05. The van der Waals surface area contributed by atoms with E-state index in [4.69, 9.17) is 14.3 Å². The Balaban J connectivity index is 1.75. The van der Waals surface area contributed by atoms with Gasteiger partial charge < -0.3 is 9.05 Å².